The van der Waals surface area contributed by atoms with Crippen LogP contribution in [-0.4, -0.2) is 77.0 Å². The third kappa shape index (κ3) is 21.7. The number of urea groups is 1. The predicted molar refractivity (Wildman–Crippen MR) is 248 cm³/mol. The Bertz CT molecular complexity index is 2320. The van der Waals surface area contributed by atoms with Gasteiger partial charge in [0, 0.05) is 37.0 Å². The molecule has 6 amide bonds. The van der Waals surface area contributed by atoms with E-state index in [2.05, 4.69) is 36.9 Å². The van der Waals surface area contributed by atoms with Gasteiger partial charge in [0.05, 0.1) is 33.1 Å². The number of carbonyl (C=O) groups excluding carboxylic acids is 5. The van der Waals surface area contributed by atoms with Crippen molar-refractivity contribution in [2.75, 3.05) is 40.0 Å². The van der Waals surface area contributed by atoms with E-state index in [1.165, 1.54) is 24.3 Å². The Morgan fingerprint density at radius 2 is 1.19 bits per heavy atom. The number of ether oxygens (including phenoxy) is 4. The minimum absolute atomic E-state index is 0.00123. The van der Waals surface area contributed by atoms with E-state index >= 15 is 0 Å². The molecule has 0 saturated carbocycles. The first-order valence-corrected chi connectivity index (χ1v) is 22.1. The van der Waals surface area contributed by atoms with E-state index in [4.69, 9.17) is 18.9 Å². The fraction of sp³-hybridized carbons (Fsp3) is 0.455. The molecule has 19 nitrogen and oxygen atoms in total. The first kappa shape index (κ1) is 57.6. The summed E-state index contributed by atoms with van der Waals surface area (Å²) >= 11 is 0.875. The van der Waals surface area contributed by atoms with Gasteiger partial charge in [-0.15, -0.1) is 11.8 Å². The first-order chi connectivity index (χ1) is 32.2. The summed E-state index contributed by atoms with van der Waals surface area (Å²) in [4.78, 5) is 67.9. The monoisotopic (exact) mass is 1020 g/mol. The van der Waals surface area contributed by atoms with E-state index in [9.17, 15) is 60.7 Å². The molecule has 0 atom stereocenters. The van der Waals surface area contributed by atoms with Crippen LogP contribution < -0.4 is 41.9 Å². The summed E-state index contributed by atoms with van der Waals surface area (Å²) in [6.45, 7) is 14.5. The molecule has 3 aromatic carbocycles. The minimum Gasteiger partial charge on any atom is -0.733 e. The molecule has 0 radical (unpaired) electrons. The van der Waals surface area contributed by atoms with Crippen LogP contribution in [0.15, 0.2) is 64.5 Å². The number of carbonyl (C=O) groups is 5. The second-order valence-corrected chi connectivity index (χ2v) is 19.0. The zero-order chi connectivity index (χ0) is 52.8. The van der Waals surface area contributed by atoms with Gasteiger partial charge in [0.25, 0.3) is 0 Å². The van der Waals surface area contributed by atoms with Crippen molar-refractivity contribution in [2.24, 2.45) is 4.99 Å². The number of thioether (sulfide) groups is 1. The van der Waals surface area contributed by atoms with Gasteiger partial charge in [-0.3, -0.25) is 25.6 Å². The highest BCUT2D eigenvalue weighted by Crippen LogP contribution is 2.42. The van der Waals surface area contributed by atoms with Crippen molar-refractivity contribution in [3.05, 3.63) is 70.9 Å². The number of unbranched alkanes of at least 4 members (excludes halogenated alkanes) is 1. The molecule has 0 spiro atoms. The molecular formula is C44H55F6N8O11S-. The number of benzene rings is 3. The smallest absolute Gasteiger partial charge is 0.416 e. The van der Waals surface area contributed by atoms with Crippen LogP contribution in [-0.2, 0) is 31.4 Å². The Labute approximate surface area is 403 Å². The van der Waals surface area contributed by atoms with Gasteiger partial charge in [-0.2, -0.15) is 26.3 Å². The fourth-order valence-corrected chi connectivity index (χ4v) is 6.35. The van der Waals surface area contributed by atoms with E-state index in [1.54, 1.807) is 62.3 Å². The molecule has 0 fully saturated rings. The summed E-state index contributed by atoms with van der Waals surface area (Å²) in [6, 6.07) is 6.99. The second kappa shape index (κ2) is 24.2. The lowest BCUT2D eigenvalue weighted by atomic mass is 10.1. The van der Waals surface area contributed by atoms with E-state index in [-0.39, 0.29) is 66.1 Å². The van der Waals surface area contributed by atoms with E-state index in [0.717, 1.165) is 17.8 Å². The molecular weight excluding hydrogens is 963 g/mol. The van der Waals surface area contributed by atoms with Gasteiger partial charge in [0.15, 0.2) is 0 Å². The summed E-state index contributed by atoms with van der Waals surface area (Å²) in [5.74, 6) is -1.60. The van der Waals surface area contributed by atoms with Crippen molar-refractivity contribution in [2.45, 2.75) is 116 Å². The Morgan fingerprint density at radius 1 is 0.671 bits per heavy atom. The predicted octanol–water partition coefficient (Wildman–Crippen LogP) is 11.0. The maximum absolute atomic E-state index is 14.4. The van der Waals surface area contributed by atoms with Gasteiger partial charge < -0.3 is 50.6 Å². The van der Waals surface area contributed by atoms with Crippen LogP contribution in [0, 0.1) is 5.21 Å². The number of hydrogen-bond acceptors (Lipinski definition) is 14. The quantitative estimate of drug-likeness (QED) is 0.0142. The van der Waals surface area contributed by atoms with Crippen LogP contribution in [0.2, 0.25) is 0 Å². The average Bonchev–Trinajstić information content (AvgIpc) is 3.17. The van der Waals surface area contributed by atoms with Crippen LogP contribution in [0.3, 0.4) is 0 Å². The van der Waals surface area contributed by atoms with Crippen molar-refractivity contribution in [3.8, 4) is 11.5 Å². The molecule has 3 aromatic rings. The highest BCUT2D eigenvalue weighted by Gasteiger charge is 2.34. The summed E-state index contributed by atoms with van der Waals surface area (Å²) in [7, 11) is 0. The highest BCUT2D eigenvalue weighted by molar-refractivity contribution is 7.99. The van der Waals surface area contributed by atoms with E-state index in [0.29, 0.717) is 24.3 Å². The largest absolute Gasteiger partial charge is 0.733 e. The van der Waals surface area contributed by atoms with Crippen molar-refractivity contribution in [1.82, 2.24) is 16.0 Å². The molecule has 0 aliphatic heterocycles. The van der Waals surface area contributed by atoms with Gasteiger partial charge in [-0.25, -0.2) is 19.2 Å². The lowest BCUT2D eigenvalue weighted by Gasteiger charge is -2.23. The van der Waals surface area contributed by atoms with E-state index < -0.39 is 92.9 Å². The lowest BCUT2D eigenvalue weighted by molar-refractivity contribution is -0.138. The van der Waals surface area contributed by atoms with Gasteiger partial charge >= 0.3 is 36.7 Å². The summed E-state index contributed by atoms with van der Waals surface area (Å²) in [5, 5.41) is 34.2. The maximum atomic E-state index is 14.4. The third-order valence-electron chi connectivity index (χ3n) is 8.06. The molecule has 0 aliphatic rings. The molecule has 3 rings (SSSR count). The number of hydrogen-bond donors (Lipinski definition) is 7. The molecule has 70 heavy (non-hydrogen) atoms. The SMILES string of the molecule is CC(C)(C)OC(=O)NCCSc1c(NC(=O)CCCCN=C(NC(=O)OC(C)(C)C)NC(=O)OC(C)(C)C)cc(C(F)(F)F)cc1NC(=O)Nc1ccc(Oc2cc(N([O-])O)cc(C(F)(F)F)c2)cc1. The van der Waals surface area contributed by atoms with Gasteiger partial charge in [-0.05, 0) is 124 Å². The molecule has 0 heterocycles. The van der Waals surface area contributed by atoms with Crippen LogP contribution in [0.1, 0.15) is 92.7 Å². The maximum Gasteiger partial charge on any atom is 0.416 e. The normalized spacial score (nSPS) is 11.9. The van der Waals surface area contributed by atoms with Gasteiger partial charge in [0.1, 0.15) is 28.3 Å². The Hall–Kier alpha value is -6.67. The molecule has 0 saturated heterocycles. The van der Waals surface area contributed by atoms with Crippen molar-refractivity contribution in [1.29, 1.82) is 0 Å². The average molecular weight is 1020 g/mol. The number of nitrogens with one attached hydrogen (secondary N) is 6. The molecule has 0 aromatic heterocycles. The van der Waals surface area contributed by atoms with Crippen molar-refractivity contribution >= 4 is 70.7 Å². The molecule has 0 aliphatic carbocycles. The second-order valence-electron chi connectivity index (χ2n) is 17.9. The standard InChI is InChI=1S/C44H55F6N8O11S/c1-40(2,3)67-37(61)52-18-19-70-34-31(54-33(59)12-10-11-17-51-35(56-38(62)68-41(4,5)6)57-39(63)69-42(7,8)9)22-26(44(48,49)50)23-32(34)55-36(60)53-27-13-15-29(16-14-27)66-30-21-25(43(45,46)47)20-28(24-30)58(64)65/h13-16,20-24,64H,10-12,17-19H2,1-9H3,(H,52,61)(H,54,59)(H2,53,55,60)(H2,51,56,57,62,63)/q-1. The Kier molecular flexibility index (Phi) is 20.0. The van der Waals surface area contributed by atoms with Crippen LogP contribution in [0.25, 0.3) is 0 Å². The highest BCUT2D eigenvalue weighted by atomic mass is 32.2. The number of halogens is 6. The molecule has 26 heteroatoms. The number of nitrogens with zero attached hydrogens (tertiary/aromatic N) is 2. The summed E-state index contributed by atoms with van der Waals surface area (Å²) < 4.78 is 104. The van der Waals surface area contributed by atoms with Gasteiger partial charge in [0.2, 0.25) is 11.9 Å². The van der Waals surface area contributed by atoms with E-state index in [1.807, 2.05) is 0 Å². The summed E-state index contributed by atoms with van der Waals surface area (Å²) in [6.07, 6.45) is -12.5. The fourth-order valence-electron chi connectivity index (χ4n) is 5.41. The molecule has 386 valence electrons. The zero-order valence-electron chi connectivity index (χ0n) is 39.5. The number of amides is 6. The number of anilines is 4. The van der Waals surface area contributed by atoms with Crippen LogP contribution >= 0.6 is 11.8 Å². The van der Waals surface area contributed by atoms with Crippen molar-refractivity contribution < 1.29 is 74.5 Å². The van der Waals surface area contributed by atoms with Crippen LogP contribution in [0.4, 0.5) is 68.3 Å². The number of aliphatic imine (C=N–C) groups is 1. The number of guanidine groups is 1. The Balaban J connectivity index is 1.84. The summed E-state index contributed by atoms with van der Waals surface area (Å²) in [5.41, 5.74) is -6.65. The number of rotatable bonds is 15. The van der Waals surface area contributed by atoms with Crippen molar-refractivity contribution in [3.63, 3.8) is 0 Å². The molecule has 0 bridgehead atoms. The minimum atomic E-state index is -4.98. The molecule has 0 unspecified atom stereocenters. The first-order valence-electron chi connectivity index (χ1n) is 21.1. The van der Waals surface area contributed by atoms with Gasteiger partial charge in [-0.1, -0.05) is 0 Å². The topological polar surface area (TPSA) is 253 Å². The number of alkyl carbamates (subject to hydrolysis) is 3. The Morgan fingerprint density at radius 3 is 1.70 bits per heavy atom. The zero-order valence-corrected chi connectivity index (χ0v) is 40.4. The molecule has 7 N–H and O–H groups in total. The number of alkyl halides is 6. The third-order valence-corrected chi connectivity index (χ3v) is 9.20. The lowest BCUT2D eigenvalue weighted by Crippen LogP contribution is -2.47. The van der Waals surface area contributed by atoms with Crippen LogP contribution in [0.5, 0.6) is 11.5 Å².